The molecule has 3 aromatic rings. The van der Waals surface area contributed by atoms with E-state index in [1.54, 1.807) is 38.2 Å². The minimum atomic E-state index is -3.59. The first kappa shape index (κ1) is 22.7. The highest BCUT2D eigenvalue weighted by Gasteiger charge is 2.17. The van der Waals surface area contributed by atoms with E-state index in [9.17, 15) is 13.2 Å². The largest absolute Gasteiger partial charge is 0.340 e. The molecule has 9 nitrogen and oxygen atoms in total. The average molecular weight is 467 g/mol. The third-order valence-electron chi connectivity index (χ3n) is 5.30. The summed E-state index contributed by atoms with van der Waals surface area (Å²) in [6.45, 7) is 5.70. The van der Waals surface area contributed by atoms with Crippen molar-refractivity contribution in [1.82, 2.24) is 14.7 Å². The Labute approximate surface area is 193 Å². The van der Waals surface area contributed by atoms with Crippen LogP contribution in [-0.4, -0.2) is 30.8 Å². The van der Waals surface area contributed by atoms with Gasteiger partial charge in [0.25, 0.3) is 0 Å². The van der Waals surface area contributed by atoms with Crippen LogP contribution in [0, 0.1) is 13.8 Å². The predicted molar refractivity (Wildman–Crippen MR) is 129 cm³/mol. The van der Waals surface area contributed by atoms with Crippen molar-refractivity contribution in [2.24, 2.45) is 0 Å². The van der Waals surface area contributed by atoms with E-state index in [1.165, 1.54) is 0 Å². The average Bonchev–Trinajstić information content (AvgIpc) is 2.77. The molecule has 0 spiro atoms. The van der Waals surface area contributed by atoms with Gasteiger partial charge >= 0.3 is 0 Å². The molecular weight excluding hydrogens is 440 g/mol. The molecule has 33 heavy (non-hydrogen) atoms. The third-order valence-corrected chi connectivity index (χ3v) is 6.99. The van der Waals surface area contributed by atoms with Crippen LogP contribution in [0.15, 0.2) is 47.5 Å². The Balaban J connectivity index is 1.57. The molecule has 0 bridgehead atoms. The molecule has 10 heteroatoms. The number of carbonyl (C=O) groups excluding carboxylic acids is 1. The van der Waals surface area contributed by atoms with Gasteiger partial charge in [-0.2, -0.15) is 4.98 Å². The van der Waals surface area contributed by atoms with Crippen molar-refractivity contribution in [2.75, 3.05) is 22.5 Å². The smallest absolute Gasteiger partial charge is 0.240 e. The molecule has 4 N–H and O–H groups in total. The fourth-order valence-corrected chi connectivity index (χ4v) is 4.90. The van der Waals surface area contributed by atoms with Crippen molar-refractivity contribution in [2.45, 2.75) is 38.5 Å². The number of benzene rings is 2. The van der Waals surface area contributed by atoms with E-state index in [0.29, 0.717) is 42.4 Å². The first-order chi connectivity index (χ1) is 15.7. The predicted octanol–water partition coefficient (Wildman–Crippen LogP) is 3.76. The van der Waals surface area contributed by atoms with Gasteiger partial charge in [0.1, 0.15) is 5.82 Å². The molecule has 0 fully saturated rings. The maximum atomic E-state index is 12.5. The Morgan fingerprint density at radius 3 is 2.55 bits per heavy atom. The highest BCUT2D eigenvalue weighted by Crippen LogP contribution is 2.28. The third kappa shape index (κ3) is 5.12. The van der Waals surface area contributed by atoms with Gasteiger partial charge in [0.05, 0.1) is 4.90 Å². The molecule has 0 unspecified atom stereocenters. The standard InChI is InChI=1S/C23H26N6O3S/c1-4-25-33(31,32)20-12-18(7-5-14(20)2)27-23-24-13-15(3)22(29-23)26-17-8-9-19-16(11-17)6-10-21(30)28-19/h5,7-9,11-13,25H,4,6,10H2,1-3H3,(H,28,30)(H2,24,26,27,29). The van der Waals surface area contributed by atoms with E-state index in [1.807, 2.05) is 25.1 Å². The van der Waals surface area contributed by atoms with E-state index in [4.69, 9.17) is 0 Å². The second kappa shape index (κ2) is 9.16. The molecule has 0 saturated carbocycles. The van der Waals surface area contributed by atoms with Crippen LogP contribution in [0.5, 0.6) is 0 Å². The van der Waals surface area contributed by atoms with Crippen molar-refractivity contribution < 1.29 is 13.2 Å². The summed E-state index contributed by atoms with van der Waals surface area (Å²) in [5.74, 6) is 0.993. The Kier molecular flexibility index (Phi) is 6.30. The fourth-order valence-electron chi connectivity index (χ4n) is 3.59. The number of rotatable bonds is 7. The number of fused-ring (bicyclic) bond motifs is 1. The van der Waals surface area contributed by atoms with Crippen LogP contribution < -0.4 is 20.7 Å². The number of nitrogens with zero attached hydrogens (tertiary/aromatic N) is 2. The van der Waals surface area contributed by atoms with Crippen LogP contribution in [0.3, 0.4) is 0 Å². The van der Waals surface area contributed by atoms with Crippen LogP contribution in [0.2, 0.25) is 0 Å². The number of hydrogen-bond acceptors (Lipinski definition) is 7. The lowest BCUT2D eigenvalue weighted by Gasteiger charge is -2.18. The number of nitrogens with one attached hydrogen (secondary N) is 4. The van der Waals surface area contributed by atoms with Gasteiger partial charge in [0, 0.05) is 41.8 Å². The summed E-state index contributed by atoms with van der Waals surface area (Å²) in [5.41, 5.74) is 4.83. The van der Waals surface area contributed by atoms with Crippen LogP contribution in [0.1, 0.15) is 30.0 Å². The Morgan fingerprint density at radius 1 is 1.00 bits per heavy atom. The normalized spacial score (nSPS) is 13.2. The van der Waals surface area contributed by atoms with Gasteiger partial charge in [0.2, 0.25) is 21.9 Å². The van der Waals surface area contributed by atoms with E-state index >= 15 is 0 Å². The Bertz CT molecular complexity index is 1320. The minimum absolute atomic E-state index is 0.0307. The number of aromatic nitrogens is 2. The fraction of sp³-hybridized carbons (Fsp3) is 0.261. The number of carbonyl (C=O) groups is 1. The molecule has 1 aromatic heterocycles. The first-order valence-corrected chi connectivity index (χ1v) is 12.1. The summed E-state index contributed by atoms with van der Waals surface area (Å²) in [7, 11) is -3.59. The van der Waals surface area contributed by atoms with Gasteiger partial charge < -0.3 is 16.0 Å². The SMILES string of the molecule is CCNS(=O)(=O)c1cc(Nc2ncc(C)c(Nc3ccc4c(c3)CCC(=O)N4)n2)ccc1C. The molecule has 2 heterocycles. The highest BCUT2D eigenvalue weighted by atomic mass is 32.2. The van der Waals surface area contributed by atoms with Crippen molar-refractivity contribution in [3.05, 3.63) is 59.3 Å². The van der Waals surface area contributed by atoms with E-state index < -0.39 is 10.0 Å². The number of hydrogen-bond donors (Lipinski definition) is 4. The molecule has 0 atom stereocenters. The first-order valence-electron chi connectivity index (χ1n) is 10.7. The Morgan fingerprint density at radius 2 is 1.76 bits per heavy atom. The van der Waals surface area contributed by atoms with Crippen LogP contribution >= 0.6 is 0 Å². The monoisotopic (exact) mass is 466 g/mol. The molecule has 1 aliphatic heterocycles. The van der Waals surface area contributed by atoms with Gasteiger partial charge in [-0.15, -0.1) is 0 Å². The molecule has 1 amide bonds. The van der Waals surface area contributed by atoms with Crippen LogP contribution in [-0.2, 0) is 21.2 Å². The summed E-state index contributed by atoms with van der Waals surface area (Å²) in [5, 5.41) is 9.28. The van der Waals surface area contributed by atoms with Gasteiger partial charge in [-0.1, -0.05) is 13.0 Å². The molecule has 2 aromatic carbocycles. The van der Waals surface area contributed by atoms with Crippen molar-refractivity contribution >= 4 is 44.8 Å². The molecule has 0 aliphatic carbocycles. The van der Waals surface area contributed by atoms with Gasteiger partial charge in [-0.05, 0) is 61.7 Å². The quantitative estimate of drug-likeness (QED) is 0.418. The molecule has 0 saturated heterocycles. The summed E-state index contributed by atoms with van der Waals surface area (Å²) >= 11 is 0. The van der Waals surface area contributed by atoms with E-state index in [-0.39, 0.29) is 10.8 Å². The second-order valence-corrected chi connectivity index (χ2v) is 9.61. The lowest BCUT2D eigenvalue weighted by Crippen LogP contribution is -2.24. The topological polar surface area (TPSA) is 125 Å². The molecular formula is C23H26N6O3S. The zero-order valence-electron chi connectivity index (χ0n) is 18.7. The highest BCUT2D eigenvalue weighted by molar-refractivity contribution is 7.89. The van der Waals surface area contributed by atoms with Gasteiger partial charge in [0.15, 0.2) is 0 Å². The minimum Gasteiger partial charge on any atom is -0.340 e. The molecule has 172 valence electrons. The summed E-state index contributed by atoms with van der Waals surface area (Å²) in [4.78, 5) is 20.7. The summed E-state index contributed by atoms with van der Waals surface area (Å²) in [6.07, 6.45) is 2.86. The summed E-state index contributed by atoms with van der Waals surface area (Å²) in [6, 6.07) is 10.9. The van der Waals surface area contributed by atoms with Crippen molar-refractivity contribution in [3.8, 4) is 0 Å². The maximum Gasteiger partial charge on any atom is 0.240 e. The lowest BCUT2D eigenvalue weighted by molar-refractivity contribution is -0.116. The number of aryl methyl sites for hydroxylation is 3. The van der Waals surface area contributed by atoms with Gasteiger partial charge in [-0.3, -0.25) is 4.79 Å². The zero-order chi connectivity index (χ0) is 23.6. The van der Waals surface area contributed by atoms with E-state index in [2.05, 4.69) is 30.6 Å². The van der Waals surface area contributed by atoms with Crippen LogP contribution in [0.4, 0.5) is 28.8 Å². The lowest BCUT2D eigenvalue weighted by atomic mass is 10.0. The zero-order valence-corrected chi connectivity index (χ0v) is 19.5. The number of sulfonamides is 1. The summed E-state index contributed by atoms with van der Waals surface area (Å²) < 4.78 is 27.5. The van der Waals surface area contributed by atoms with Crippen LogP contribution in [0.25, 0.3) is 0 Å². The second-order valence-electron chi connectivity index (χ2n) is 7.88. The molecule has 4 rings (SSSR count). The number of anilines is 5. The van der Waals surface area contributed by atoms with Crippen molar-refractivity contribution in [1.29, 1.82) is 0 Å². The van der Waals surface area contributed by atoms with Gasteiger partial charge in [-0.25, -0.2) is 18.1 Å². The van der Waals surface area contributed by atoms with Crippen molar-refractivity contribution in [3.63, 3.8) is 0 Å². The maximum absolute atomic E-state index is 12.5. The number of amides is 1. The Hall–Kier alpha value is -3.50. The molecule has 0 radical (unpaired) electrons. The van der Waals surface area contributed by atoms with E-state index in [0.717, 1.165) is 22.5 Å². The molecule has 1 aliphatic rings.